The van der Waals surface area contributed by atoms with Gasteiger partial charge in [-0.1, -0.05) is 0 Å². The molecule has 112 valence electrons. The summed E-state index contributed by atoms with van der Waals surface area (Å²) in [4.78, 5) is 11.1. The number of nitrogens with zero attached hydrogens (tertiary/aromatic N) is 2. The Balaban J connectivity index is 2.46. The highest BCUT2D eigenvalue weighted by molar-refractivity contribution is 7.89. The quantitative estimate of drug-likeness (QED) is 0.754. The molecule has 1 saturated heterocycles. The molecule has 0 aromatic heterocycles. The first-order valence-corrected chi connectivity index (χ1v) is 7.53. The summed E-state index contributed by atoms with van der Waals surface area (Å²) in [5.74, 6) is -1.57. The van der Waals surface area contributed by atoms with E-state index < -0.39 is 27.8 Å². The lowest BCUT2D eigenvalue weighted by Crippen LogP contribution is -2.58. The monoisotopic (exact) mass is 312 g/mol. The number of sulfonamides is 1. The van der Waals surface area contributed by atoms with Crippen molar-refractivity contribution < 1.29 is 17.6 Å². The first kappa shape index (κ1) is 15.4. The van der Waals surface area contributed by atoms with E-state index in [9.17, 15) is 17.6 Å². The van der Waals surface area contributed by atoms with Crippen LogP contribution in [0.15, 0.2) is 23.1 Å². The summed E-state index contributed by atoms with van der Waals surface area (Å²) in [6.07, 6.45) is 0. The molecule has 0 bridgehead atoms. The number of halogens is 1. The van der Waals surface area contributed by atoms with Crippen LogP contribution in [0.1, 0.15) is 5.56 Å². The fraction of sp³-hybridized carbons (Fsp3) is 0.333. The topological polar surface area (TPSA) is 116 Å². The molecule has 0 radical (unpaired) electrons. The molecule has 1 aromatic carbocycles. The third-order valence-electron chi connectivity index (χ3n) is 3.19. The van der Waals surface area contributed by atoms with Gasteiger partial charge in [-0.15, -0.1) is 0 Å². The SMILES string of the molecule is N#Cc1cc(S(=O)(=O)N2CCNCC2C(N)=O)ccc1F. The minimum atomic E-state index is -4.03. The fourth-order valence-corrected chi connectivity index (χ4v) is 3.72. The first-order chi connectivity index (χ1) is 9.87. The molecule has 1 fully saturated rings. The zero-order chi connectivity index (χ0) is 15.6. The number of nitriles is 1. The van der Waals surface area contributed by atoms with Crippen LogP contribution >= 0.6 is 0 Å². The molecule has 2 rings (SSSR count). The van der Waals surface area contributed by atoms with Gasteiger partial charge in [0.15, 0.2) is 0 Å². The maximum atomic E-state index is 13.3. The van der Waals surface area contributed by atoms with Crippen LogP contribution in [0.25, 0.3) is 0 Å². The first-order valence-electron chi connectivity index (χ1n) is 6.09. The standard InChI is InChI=1S/C12H13FN4O3S/c13-10-2-1-9(5-8(10)6-14)21(19,20)17-4-3-16-7-11(17)12(15)18/h1-2,5,11,16H,3-4,7H2,(H2,15,18). The number of hydrogen-bond acceptors (Lipinski definition) is 5. The van der Waals surface area contributed by atoms with E-state index >= 15 is 0 Å². The smallest absolute Gasteiger partial charge is 0.243 e. The molecule has 1 aromatic rings. The molecule has 9 heteroatoms. The molecule has 1 heterocycles. The third kappa shape index (κ3) is 2.87. The number of hydrogen-bond donors (Lipinski definition) is 2. The second kappa shape index (κ2) is 5.77. The molecule has 3 N–H and O–H groups in total. The van der Waals surface area contributed by atoms with E-state index in [1.165, 1.54) is 0 Å². The largest absolute Gasteiger partial charge is 0.368 e. The van der Waals surface area contributed by atoms with E-state index in [-0.39, 0.29) is 23.5 Å². The highest BCUT2D eigenvalue weighted by atomic mass is 32.2. The van der Waals surface area contributed by atoms with E-state index in [0.717, 1.165) is 22.5 Å². The molecular weight excluding hydrogens is 299 g/mol. The summed E-state index contributed by atoms with van der Waals surface area (Å²) in [5.41, 5.74) is 4.84. The van der Waals surface area contributed by atoms with Crippen LogP contribution in [-0.4, -0.2) is 44.3 Å². The van der Waals surface area contributed by atoms with E-state index in [2.05, 4.69) is 5.32 Å². The number of carbonyl (C=O) groups is 1. The number of carbonyl (C=O) groups excluding carboxylic acids is 1. The molecule has 21 heavy (non-hydrogen) atoms. The normalized spacial score (nSPS) is 19.9. The van der Waals surface area contributed by atoms with Crippen molar-refractivity contribution >= 4 is 15.9 Å². The van der Waals surface area contributed by atoms with Gasteiger partial charge in [0, 0.05) is 19.6 Å². The molecule has 7 nitrogen and oxygen atoms in total. The van der Waals surface area contributed by atoms with Crippen LogP contribution in [0, 0.1) is 17.1 Å². The van der Waals surface area contributed by atoms with Gasteiger partial charge in [0.1, 0.15) is 17.9 Å². The van der Waals surface area contributed by atoms with E-state index in [4.69, 9.17) is 11.0 Å². The summed E-state index contributed by atoms with van der Waals surface area (Å²) in [7, 11) is -4.03. The molecule has 1 aliphatic heterocycles. The number of nitrogens with two attached hydrogens (primary N) is 1. The molecule has 0 saturated carbocycles. The van der Waals surface area contributed by atoms with E-state index in [1.807, 2.05) is 0 Å². The fourth-order valence-electron chi connectivity index (χ4n) is 2.10. The van der Waals surface area contributed by atoms with Crippen molar-refractivity contribution in [1.82, 2.24) is 9.62 Å². The Bertz CT molecular complexity index is 714. The zero-order valence-corrected chi connectivity index (χ0v) is 11.7. The van der Waals surface area contributed by atoms with Gasteiger partial charge in [-0.3, -0.25) is 4.79 Å². The third-order valence-corrected chi connectivity index (χ3v) is 5.09. The molecule has 0 aliphatic carbocycles. The number of primary amides is 1. The highest BCUT2D eigenvalue weighted by Crippen LogP contribution is 2.21. The lowest BCUT2D eigenvalue weighted by Gasteiger charge is -2.33. The van der Waals surface area contributed by atoms with Crippen molar-refractivity contribution in [3.8, 4) is 6.07 Å². The van der Waals surface area contributed by atoms with Crippen LogP contribution in [0.3, 0.4) is 0 Å². The molecule has 1 aliphatic rings. The Hall–Kier alpha value is -2.02. The lowest BCUT2D eigenvalue weighted by atomic mass is 10.2. The summed E-state index contributed by atoms with van der Waals surface area (Å²) in [5, 5.41) is 11.7. The van der Waals surface area contributed by atoms with Crippen molar-refractivity contribution in [3.63, 3.8) is 0 Å². The summed E-state index contributed by atoms with van der Waals surface area (Å²) in [6, 6.07) is 3.49. The van der Waals surface area contributed by atoms with Crippen LogP contribution in [0.4, 0.5) is 4.39 Å². The van der Waals surface area contributed by atoms with Crippen LogP contribution < -0.4 is 11.1 Å². The second-order valence-electron chi connectivity index (χ2n) is 4.49. The van der Waals surface area contributed by atoms with Gasteiger partial charge in [0.05, 0.1) is 10.5 Å². The van der Waals surface area contributed by atoms with Gasteiger partial charge in [0.25, 0.3) is 0 Å². The summed E-state index contributed by atoms with van der Waals surface area (Å²) < 4.78 is 39.3. The molecular formula is C12H13FN4O3S. The van der Waals surface area contributed by atoms with Crippen molar-refractivity contribution in [1.29, 1.82) is 5.26 Å². The maximum Gasteiger partial charge on any atom is 0.243 e. The predicted octanol–water partition coefficient (Wildman–Crippen LogP) is -0.855. The zero-order valence-electron chi connectivity index (χ0n) is 10.9. The number of piperazine rings is 1. The Morgan fingerprint density at radius 2 is 2.24 bits per heavy atom. The van der Waals surface area contributed by atoms with E-state index in [0.29, 0.717) is 6.54 Å². The van der Waals surface area contributed by atoms with Gasteiger partial charge in [-0.2, -0.15) is 9.57 Å². The maximum absolute atomic E-state index is 13.3. The number of rotatable bonds is 3. The minimum Gasteiger partial charge on any atom is -0.368 e. The summed E-state index contributed by atoms with van der Waals surface area (Å²) in [6.45, 7) is 0.547. The van der Waals surface area contributed by atoms with Crippen LogP contribution in [0.2, 0.25) is 0 Å². The average molecular weight is 312 g/mol. The van der Waals surface area contributed by atoms with Crippen molar-refractivity contribution in [2.75, 3.05) is 19.6 Å². The molecule has 1 atom stereocenters. The molecule has 0 spiro atoms. The van der Waals surface area contributed by atoms with Crippen molar-refractivity contribution in [3.05, 3.63) is 29.6 Å². The number of amides is 1. The Labute approximate surface area is 121 Å². The lowest BCUT2D eigenvalue weighted by molar-refractivity contribution is -0.122. The minimum absolute atomic E-state index is 0.0647. The Morgan fingerprint density at radius 3 is 2.86 bits per heavy atom. The molecule has 1 amide bonds. The van der Waals surface area contributed by atoms with Crippen LogP contribution in [0.5, 0.6) is 0 Å². The van der Waals surface area contributed by atoms with E-state index in [1.54, 1.807) is 6.07 Å². The average Bonchev–Trinajstić information content (AvgIpc) is 2.47. The predicted molar refractivity (Wildman–Crippen MR) is 70.9 cm³/mol. The van der Waals surface area contributed by atoms with Gasteiger partial charge >= 0.3 is 0 Å². The number of nitrogens with one attached hydrogen (secondary N) is 1. The Kier molecular flexibility index (Phi) is 4.22. The Morgan fingerprint density at radius 1 is 1.52 bits per heavy atom. The van der Waals surface area contributed by atoms with Gasteiger partial charge < -0.3 is 11.1 Å². The summed E-state index contributed by atoms with van der Waals surface area (Å²) >= 11 is 0. The van der Waals surface area contributed by atoms with Gasteiger partial charge in [-0.25, -0.2) is 12.8 Å². The van der Waals surface area contributed by atoms with Gasteiger partial charge in [-0.05, 0) is 18.2 Å². The van der Waals surface area contributed by atoms with Crippen LogP contribution in [-0.2, 0) is 14.8 Å². The van der Waals surface area contributed by atoms with Crippen molar-refractivity contribution in [2.24, 2.45) is 5.73 Å². The highest BCUT2D eigenvalue weighted by Gasteiger charge is 2.36. The second-order valence-corrected chi connectivity index (χ2v) is 6.38. The van der Waals surface area contributed by atoms with Gasteiger partial charge in [0.2, 0.25) is 15.9 Å². The number of benzene rings is 1. The molecule has 1 unspecified atom stereocenters. The van der Waals surface area contributed by atoms with Crippen molar-refractivity contribution in [2.45, 2.75) is 10.9 Å².